The van der Waals surface area contributed by atoms with Crippen LogP contribution in [0.2, 0.25) is 10.0 Å². The van der Waals surface area contributed by atoms with Gasteiger partial charge in [-0.05, 0) is 30.5 Å². The maximum Gasteiger partial charge on any atom is 0.315 e. The highest BCUT2D eigenvalue weighted by Crippen LogP contribution is 2.39. The molecular formula is C18H23Cl2NO4S. The van der Waals surface area contributed by atoms with Gasteiger partial charge in [-0.1, -0.05) is 29.3 Å². The molecule has 1 amide bonds. The highest BCUT2D eigenvalue weighted by Gasteiger charge is 2.36. The summed E-state index contributed by atoms with van der Waals surface area (Å²) >= 11 is 13.8. The third kappa shape index (κ3) is 6.05. The Morgan fingerprint density at radius 3 is 2.69 bits per heavy atom. The molecule has 0 atom stereocenters. The van der Waals surface area contributed by atoms with Gasteiger partial charge >= 0.3 is 5.97 Å². The fourth-order valence-electron chi connectivity index (χ4n) is 2.96. The average molecular weight is 420 g/mol. The molecule has 1 heterocycles. The van der Waals surface area contributed by atoms with Crippen molar-refractivity contribution in [3.63, 3.8) is 0 Å². The molecule has 1 fully saturated rings. The van der Waals surface area contributed by atoms with Gasteiger partial charge in [0.2, 0.25) is 5.91 Å². The van der Waals surface area contributed by atoms with Crippen LogP contribution in [0.5, 0.6) is 0 Å². The fourth-order valence-corrected chi connectivity index (χ4v) is 4.33. The van der Waals surface area contributed by atoms with Gasteiger partial charge in [0.1, 0.15) is 0 Å². The third-order valence-corrected chi connectivity index (χ3v) is 5.98. The summed E-state index contributed by atoms with van der Waals surface area (Å²) < 4.78 is 10.1. The summed E-state index contributed by atoms with van der Waals surface area (Å²) in [7, 11) is 1.35. The van der Waals surface area contributed by atoms with Crippen molar-refractivity contribution < 1.29 is 19.1 Å². The topological polar surface area (TPSA) is 64.6 Å². The largest absolute Gasteiger partial charge is 0.468 e. The Hall–Kier alpha value is -0.950. The van der Waals surface area contributed by atoms with E-state index >= 15 is 0 Å². The van der Waals surface area contributed by atoms with Crippen molar-refractivity contribution in [1.82, 2.24) is 5.32 Å². The van der Waals surface area contributed by atoms with Crippen LogP contribution in [0, 0.1) is 0 Å². The van der Waals surface area contributed by atoms with E-state index in [1.165, 1.54) is 18.9 Å². The number of carbonyl (C=O) groups excluding carboxylic acids is 2. The van der Waals surface area contributed by atoms with Crippen LogP contribution in [0.15, 0.2) is 18.2 Å². The Bertz CT molecular complexity index is 636. The van der Waals surface area contributed by atoms with E-state index in [2.05, 4.69) is 10.1 Å². The first-order chi connectivity index (χ1) is 12.5. The Morgan fingerprint density at radius 1 is 1.31 bits per heavy atom. The lowest BCUT2D eigenvalue weighted by Crippen LogP contribution is -2.44. The maximum absolute atomic E-state index is 12.2. The standard InChI is InChI=1S/C18H23Cl2NO4S/c1-24-17(23)11-26-9-4-16(22)21-12-18(5-7-25-8-6-18)14-3-2-13(19)10-15(14)20/h2-3,10H,4-9,11-12H2,1H3,(H,21,22). The van der Waals surface area contributed by atoms with E-state index in [4.69, 9.17) is 27.9 Å². The predicted octanol–water partition coefficient (Wildman–Crippen LogP) is 3.45. The first-order valence-corrected chi connectivity index (χ1v) is 10.3. The summed E-state index contributed by atoms with van der Waals surface area (Å²) in [5.74, 6) is 0.497. The number of benzene rings is 1. The van der Waals surface area contributed by atoms with E-state index in [0.29, 0.717) is 42.0 Å². The molecule has 26 heavy (non-hydrogen) atoms. The van der Waals surface area contributed by atoms with Gasteiger partial charge in [-0.25, -0.2) is 0 Å². The molecule has 5 nitrogen and oxygen atoms in total. The zero-order chi connectivity index (χ0) is 19.0. The van der Waals surface area contributed by atoms with Crippen molar-refractivity contribution in [3.8, 4) is 0 Å². The Kier molecular flexibility index (Phi) is 8.54. The van der Waals surface area contributed by atoms with Gasteiger partial charge in [0.25, 0.3) is 0 Å². The number of hydrogen-bond acceptors (Lipinski definition) is 5. The second-order valence-corrected chi connectivity index (χ2v) is 8.12. The zero-order valence-electron chi connectivity index (χ0n) is 14.7. The number of hydrogen-bond donors (Lipinski definition) is 1. The number of carbonyl (C=O) groups is 2. The van der Waals surface area contributed by atoms with Crippen LogP contribution in [0.1, 0.15) is 24.8 Å². The first kappa shape index (κ1) is 21.4. The minimum absolute atomic E-state index is 0.0432. The van der Waals surface area contributed by atoms with Crippen LogP contribution in [-0.4, -0.2) is 50.3 Å². The monoisotopic (exact) mass is 419 g/mol. The molecule has 1 aromatic carbocycles. The van der Waals surface area contributed by atoms with E-state index in [1.807, 2.05) is 12.1 Å². The molecule has 8 heteroatoms. The third-order valence-electron chi connectivity index (χ3n) is 4.50. The van der Waals surface area contributed by atoms with Crippen molar-refractivity contribution in [2.75, 3.05) is 38.4 Å². The molecule has 1 aliphatic rings. The highest BCUT2D eigenvalue weighted by molar-refractivity contribution is 7.99. The summed E-state index contributed by atoms with van der Waals surface area (Å²) in [4.78, 5) is 23.3. The van der Waals surface area contributed by atoms with Crippen molar-refractivity contribution in [3.05, 3.63) is 33.8 Å². The molecule has 0 aliphatic carbocycles. The smallest absolute Gasteiger partial charge is 0.315 e. The van der Waals surface area contributed by atoms with E-state index in [9.17, 15) is 9.59 Å². The van der Waals surface area contributed by atoms with Crippen LogP contribution in [0.4, 0.5) is 0 Å². The molecule has 1 aliphatic heterocycles. The lowest BCUT2D eigenvalue weighted by molar-refractivity contribution is -0.137. The van der Waals surface area contributed by atoms with Gasteiger partial charge in [0.15, 0.2) is 0 Å². The van der Waals surface area contributed by atoms with Crippen molar-refractivity contribution in [2.24, 2.45) is 0 Å². The second kappa shape index (κ2) is 10.4. The molecule has 0 aromatic heterocycles. The molecule has 0 radical (unpaired) electrons. The van der Waals surface area contributed by atoms with Gasteiger partial charge in [-0.2, -0.15) is 0 Å². The number of esters is 1. The highest BCUT2D eigenvalue weighted by atomic mass is 35.5. The molecule has 1 saturated heterocycles. The summed E-state index contributed by atoms with van der Waals surface area (Å²) in [6.45, 7) is 1.76. The maximum atomic E-state index is 12.2. The number of ether oxygens (including phenoxy) is 2. The normalized spacial score (nSPS) is 16.1. The van der Waals surface area contributed by atoms with Gasteiger partial charge in [-0.15, -0.1) is 11.8 Å². The lowest BCUT2D eigenvalue weighted by Gasteiger charge is -2.38. The molecule has 0 saturated carbocycles. The number of halogens is 2. The lowest BCUT2D eigenvalue weighted by atomic mass is 9.74. The summed E-state index contributed by atoms with van der Waals surface area (Å²) in [6.07, 6.45) is 1.92. The molecule has 144 valence electrons. The number of nitrogens with one attached hydrogen (secondary N) is 1. The number of methoxy groups -OCH3 is 1. The van der Waals surface area contributed by atoms with Crippen molar-refractivity contribution in [1.29, 1.82) is 0 Å². The van der Waals surface area contributed by atoms with Crippen LogP contribution in [0.3, 0.4) is 0 Å². The quantitative estimate of drug-likeness (QED) is 0.516. The average Bonchev–Trinajstić information content (AvgIpc) is 2.64. The minimum atomic E-state index is -0.283. The minimum Gasteiger partial charge on any atom is -0.468 e. The van der Waals surface area contributed by atoms with Gasteiger partial charge < -0.3 is 14.8 Å². The Morgan fingerprint density at radius 2 is 2.04 bits per heavy atom. The predicted molar refractivity (Wildman–Crippen MR) is 105 cm³/mol. The number of amides is 1. The number of rotatable bonds is 8. The van der Waals surface area contributed by atoms with Crippen LogP contribution in [0.25, 0.3) is 0 Å². The van der Waals surface area contributed by atoms with Crippen LogP contribution in [-0.2, 0) is 24.5 Å². The van der Waals surface area contributed by atoms with Gasteiger partial charge in [-0.3, -0.25) is 9.59 Å². The molecule has 1 aromatic rings. The summed E-state index contributed by atoms with van der Waals surface area (Å²) in [6, 6.07) is 5.50. The van der Waals surface area contributed by atoms with Gasteiger partial charge in [0.05, 0.1) is 12.9 Å². The molecule has 0 unspecified atom stereocenters. The SMILES string of the molecule is COC(=O)CSCCC(=O)NCC1(c2ccc(Cl)cc2Cl)CCOCC1. The zero-order valence-corrected chi connectivity index (χ0v) is 17.0. The Balaban J connectivity index is 1.94. The van der Waals surface area contributed by atoms with Crippen molar-refractivity contribution >= 4 is 46.8 Å². The number of thioether (sulfide) groups is 1. The fraction of sp³-hybridized carbons (Fsp3) is 0.556. The second-order valence-electron chi connectivity index (χ2n) is 6.17. The molecule has 0 bridgehead atoms. The van der Waals surface area contributed by atoms with E-state index in [-0.39, 0.29) is 23.0 Å². The van der Waals surface area contributed by atoms with E-state index in [0.717, 1.165) is 18.4 Å². The Labute approximate surface area is 168 Å². The molecule has 2 rings (SSSR count). The van der Waals surface area contributed by atoms with E-state index in [1.54, 1.807) is 6.07 Å². The summed E-state index contributed by atoms with van der Waals surface area (Å²) in [5, 5.41) is 4.22. The van der Waals surface area contributed by atoms with E-state index < -0.39 is 0 Å². The molecular weight excluding hydrogens is 397 g/mol. The van der Waals surface area contributed by atoms with Gasteiger partial charge in [0, 0.05) is 47.4 Å². The van der Waals surface area contributed by atoms with Crippen LogP contribution < -0.4 is 5.32 Å². The molecule has 1 N–H and O–H groups in total. The summed E-state index contributed by atoms with van der Waals surface area (Å²) in [5.41, 5.74) is 0.738. The molecule has 0 spiro atoms. The van der Waals surface area contributed by atoms with Crippen LogP contribution >= 0.6 is 35.0 Å². The van der Waals surface area contributed by atoms with Crippen molar-refractivity contribution in [2.45, 2.75) is 24.7 Å². The first-order valence-electron chi connectivity index (χ1n) is 8.41.